The lowest BCUT2D eigenvalue weighted by Crippen LogP contribution is -2.05. The predicted molar refractivity (Wildman–Crippen MR) is 96.8 cm³/mol. The van der Waals surface area contributed by atoms with Gasteiger partial charge in [0.15, 0.2) is 0 Å². The largest absolute Gasteiger partial charge is 0.491 e. The van der Waals surface area contributed by atoms with Crippen molar-refractivity contribution in [3.05, 3.63) is 61.6 Å². The molecule has 0 aliphatic rings. The molecule has 0 fully saturated rings. The van der Waals surface area contributed by atoms with Crippen LogP contribution in [-0.2, 0) is 0 Å². The molecule has 128 valence electrons. The lowest BCUT2D eigenvalue weighted by atomic mass is 10.1. The quantitative estimate of drug-likeness (QED) is 0.353. The Labute approximate surface area is 154 Å². The van der Waals surface area contributed by atoms with Gasteiger partial charge in [-0.3, -0.25) is 10.1 Å². The van der Waals surface area contributed by atoms with Crippen LogP contribution in [0.1, 0.15) is 5.56 Å². The Morgan fingerprint density at radius 1 is 1.32 bits per heavy atom. The van der Waals surface area contributed by atoms with E-state index in [1.807, 2.05) is 25.1 Å². The summed E-state index contributed by atoms with van der Waals surface area (Å²) in [6.45, 7) is 1.88. The van der Waals surface area contributed by atoms with Crippen LogP contribution >= 0.6 is 22.6 Å². The second-order valence-electron chi connectivity index (χ2n) is 5.18. The van der Waals surface area contributed by atoms with Gasteiger partial charge in [-0.15, -0.1) is 0 Å². The number of halogens is 2. The van der Waals surface area contributed by atoms with E-state index in [-0.39, 0.29) is 17.3 Å². The summed E-state index contributed by atoms with van der Waals surface area (Å²) in [6, 6.07) is 7.68. The first kappa shape index (κ1) is 17.1. The van der Waals surface area contributed by atoms with Gasteiger partial charge in [-0.2, -0.15) is 4.39 Å². The van der Waals surface area contributed by atoms with E-state index in [0.29, 0.717) is 5.69 Å². The molecule has 1 heterocycles. The minimum atomic E-state index is -0.983. The highest BCUT2D eigenvalue weighted by Gasteiger charge is 2.20. The zero-order valence-electron chi connectivity index (χ0n) is 12.8. The van der Waals surface area contributed by atoms with Crippen molar-refractivity contribution >= 4 is 39.7 Å². The van der Waals surface area contributed by atoms with Gasteiger partial charge in [-0.1, -0.05) is 10.3 Å². The van der Waals surface area contributed by atoms with Crippen LogP contribution in [0, 0.1) is 26.4 Å². The molecule has 0 atom stereocenters. The molecule has 25 heavy (non-hydrogen) atoms. The summed E-state index contributed by atoms with van der Waals surface area (Å²) < 4.78 is 16.3. The summed E-state index contributed by atoms with van der Waals surface area (Å²) in [7, 11) is 0. The highest BCUT2D eigenvalue weighted by molar-refractivity contribution is 14.1. The van der Waals surface area contributed by atoms with E-state index in [1.165, 1.54) is 6.20 Å². The number of aromatic hydroxyl groups is 1. The molecule has 8 nitrogen and oxygen atoms in total. The summed E-state index contributed by atoms with van der Waals surface area (Å²) in [6.07, 6.45) is 1.17. The predicted octanol–water partition coefficient (Wildman–Crippen LogP) is 3.68. The maximum Gasteiger partial charge on any atom is 0.307 e. The van der Waals surface area contributed by atoms with Crippen molar-refractivity contribution in [3.8, 4) is 11.6 Å². The lowest BCUT2D eigenvalue weighted by molar-refractivity contribution is -0.387. The third kappa shape index (κ3) is 3.52. The molecule has 0 saturated carbocycles. The molecule has 0 unspecified atom stereocenters. The molecule has 1 aromatic heterocycles. The number of benzene rings is 2. The zero-order chi connectivity index (χ0) is 18.1. The fourth-order valence-corrected chi connectivity index (χ4v) is 2.91. The molecule has 0 spiro atoms. The average Bonchev–Trinajstić information content (AvgIpc) is 2.96. The van der Waals surface area contributed by atoms with Crippen molar-refractivity contribution in [1.82, 2.24) is 15.0 Å². The van der Waals surface area contributed by atoms with Gasteiger partial charge in [0.05, 0.1) is 22.5 Å². The van der Waals surface area contributed by atoms with Crippen LogP contribution in [0.4, 0.5) is 21.5 Å². The second-order valence-corrected chi connectivity index (χ2v) is 6.43. The van der Waals surface area contributed by atoms with Crippen molar-refractivity contribution in [3.63, 3.8) is 0 Å². The zero-order valence-corrected chi connectivity index (χ0v) is 14.9. The van der Waals surface area contributed by atoms with E-state index in [9.17, 15) is 19.6 Å². The minimum absolute atomic E-state index is 0.179. The first-order chi connectivity index (χ1) is 11.8. The van der Waals surface area contributed by atoms with Crippen LogP contribution in [0.2, 0.25) is 0 Å². The standard InChI is InChI=1S/C15H11FIN5O3/c1-8-4-9(17)2-3-11(8)18-12-5-10(16)13(22(24)25)6-14(12)21-7-15(23)19-20-21/h2-7,18,23H,1H3. The smallest absolute Gasteiger partial charge is 0.307 e. The van der Waals surface area contributed by atoms with Gasteiger partial charge in [-0.05, 0) is 53.3 Å². The van der Waals surface area contributed by atoms with Crippen LogP contribution in [-0.4, -0.2) is 25.0 Å². The molecule has 2 aromatic carbocycles. The summed E-state index contributed by atoms with van der Waals surface area (Å²) in [5.41, 5.74) is 1.35. The number of nitrogens with one attached hydrogen (secondary N) is 1. The van der Waals surface area contributed by atoms with Gasteiger partial charge in [-0.25, -0.2) is 4.68 Å². The molecular formula is C15H11FIN5O3. The summed E-state index contributed by atoms with van der Waals surface area (Å²) in [5.74, 6) is -1.34. The molecular weight excluding hydrogens is 444 g/mol. The molecule has 2 N–H and O–H groups in total. The molecule has 0 saturated heterocycles. The summed E-state index contributed by atoms with van der Waals surface area (Å²) >= 11 is 2.18. The van der Waals surface area contributed by atoms with Gasteiger partial charge in [0.25, 0.3) is 5.88 Å². The number of nitro benzene ring substituents is 1. The number of hydrogen-bond donors (Lipinski definition) is 2. The Morgan fingerprint density at radius 2 is 2.08 bits per heavy atom. The van der Waals surface area contributed by atoms with E-state index in [1.54, 1.807) is 0 Å². The van der Waals surface area contributed by atoms with Crippen molar-refractivity contribution in [2.45, 2.75) is 6.92 Å². The number of rotatable bonds is 4. The van der Waals surface area contributed by atoms with Crippen LogP contribution in [0.3, 0.4) is 0 Å². The van der Waals surface area contributed by atoms with Crippen molar-refractivity contribution in [2.75, 3.05) is 5.32 Å². The third-order valence-electron chi connectivity index (χ3n) is 3.45. The molecule has 0 aliphatic heterocycles. The Bertz CT molecular complexity index is 976. The van der Waals surface area contributed by atoms with Gasteiger partial charge in [0, 0.05) is 21.4 Å². The van der Waals surface area contributed by atoms with Gasteiger partial charge in [0.2, 0.25) is 5.82 Å². The highest BCUT2D eigenvalue weighted by atomic mass is 127. The fraction of sp³-hybridized carbons (Fsp3) is 0.0667. The normalized spacial score (nSPS) is 10.7. The monoisotopic (exact) mass is 455 g/mol. The van der Waals surface area contributed by atoms with Crippen LogP contribution in [0.15, 0.2) is 36.5 Å². The fourth-order valence-electron chi connectivity index (χ4n) is 2.27. The van der Waals surface area contributed by atoms with E-state index >= 15 is 0 Å². The summed E-state index contributed by atoms with van der Waals surface area (Å²) in [4.78, 5) is 10.2. The molecule has 0 aliphatic carbocycles. The first-order valence-electron chi connectivity index (χ1n) is 6.98. The van der Waals surface area contributed by atoms with Gasteiger partial charge < -0.3 is 10.4 Å². The van der Waals surface area contributed by atoms with E-state index in [2.05, 4.69) is 38.2 Å². The lowest BCUT2D eigenvalue weighted by Gasteiger charge is -2.14. The number of aromatic nitrogens is 3. The number of aryl methyl sites for hydroxylation is 1. The van der Waals surface area contributed by atoms with E-state index in [4.69, 9.17) is 0 Å². The molecule has 10 heteroatoms. The topological polar surface area (TPSA) is 106 Å². The van der Waals surface area contributed by atoms with Crippen LogP contribution in [0.25, 0.3) is 5.69 Å². The van der Waals surface area contributed by atoms with Crippen molar-refractivity contribution in [1.29, 1.82) is 0 Å². The van der Waals surface area contributed by atoms with E-state index < -0.39 is 16.4 Å². The van der Waals surface area contributed by atoms with Gasteiger partial charge >= 0.3 is 5.69 Å². The number of hydrogen-bond acceptors (Lipinski definition) is 6. The van der Waals surface area contributed by atoms with Crippen molar-refractivity contribution in [2.24, 2.45) is 0 Å². The third-order valence-corrected chi connectivity index (χ3v) is 4.12. The SMILES string of the molecule is Cc1cc(I)ccc1Nc1cc(F)c([N+](=O)[O-])cc1-n1cc(O)nn1. The van der Waals surface area contributed by atoms with Gasteiger partial charge in [0.1, 0.15) is 0 Å². The second kappa shape index (κ2) is 6.63. The van der Waals surface area contributed by atoms with Crippen LogP contribution in [0.5, 0.6) is 5.88 Å². The Kier molecular flexibility index (Phi) is 4.53. The van der Waals surface area contributed by atoms with E-state index in [0.717, 1.165) is 25.9 Å². The number of nitro groups is 1. The van der Waals surface area contributed by atoms with Crippen LogP contribution < -0.4 is 5.32 Å². The number of anilines is 2. The Balaban J connectivity index is 2.14. The molecule has 0 amide bonds. The Morgan fingerprint density at radius 3 is 2.68 bits per heavy atom. The molecule has 3 aromatic rings. The Hall–Kier alpha value is -2.76. The highest BCUT2D eigenvalue weighted by Crippen LogP contribution is 2.32. The maximum atomic E-state index is 14.1. The maximum absolute atomic E-state index is 14.1. The number of nitrogens with zero attached hydrogens (tertiary/aromatic N) is 4. The summed E-state index contributed by atoms with van der Waals surface area (Å²) in [5, 5.41) is 30.6. The average molecular weight is 455 g/mol. The van der Waals surface area contributed by atoms with Crippen molar-refractivity contribution < 1.29 is 14.4 Å². The molecule has 0 bridgehead atoms. The minimum Gasteiger partial charge on any atom is -0.491 e. The first-order valence-corrected chi connectivity index (χ1v) is 8.06. The molecule has 0 radical (unpaired) electrons. The molecule has 3 rings (SSSR count).